The van der Waals surface area contributed by atoms with Crippen molar-refractivity contribution in [2.75, 3.05) is 7.11 Å². The quantitative estimate of drug-likeness (QED) is 0.777. The summed E-state index contributed by atoms with van der Waals surface area (Å²) >= 11 is 0. The van der Waals surface area contributed by atoms with Crippen molar-refractivity contribution >= 4 is 5.97 Å². The van der Waals surface area contributed by atoms with Crippen LogP contribution in [0.25, 0.3) is 0 Å². The van der Waals surface area contributed by atoms with Crippen molar-refractivity contribution in [2.45, 2.75) is 19.3 Å². The number of carboxylic acids is 1. The summed E-state index contributed by atoms with van der Waals surface area (Å²) in [7, 11) is 1.48. The molecule has 0 spiro atoms. The molecule has 0 fully saturated rings. The Kier molecular flexibility index (Phi) is 3.97. The van der Waals surface area contributed by atoms with Crippen LogP contribution in [0.15, 0.2) is 18.2 Å². The Morgan fingerprint density at radius 2 is 2.20 bits per heavy atom. The van der Waals surface area contributed by atoms with Crippen molar-refractivity contribution in [3.63, 3.8) is 0 Å². The number of benzene rings is 1. The zero-order valence-corrected chi connectivity index (χ0v) is 8.56. The van der Waals surface area contributed by atoms with E-state index in [1.54, 1.807) is 18.2 Å². The van der Waals surface area contributed by atoms with E-state index in [0.29, 0.717) is 18.6 Å². The fourth-order valence-electron chi connectivity index (χ4n) is 1.36. The Morgan fingerprint density at radius 1 is 1.47 bits per heavy atom. The lowest BCUT2D eigenvalue weighted by Gasteiger charge is -2.07. The summed E-state index contributed by atoms with van der Waals surface area (Å²) in [4.78, 5) is 10.3. The van der Waals surface area contributed by atoms with Gasteiger partial charge in [0.25, 0.3) is 0 Å². The predicted octanol–water partition coefficient (Wildman–Crippen LogP) is 1.81. The van der Waals surface area contributed by atoms with Gasteiger partial charge in [0.1, 0.15) is 0 Å². The first kappa shape index (κ1) is 11.4. The first-order valence-corrected chi connectivity index (χ1v) is 4.71. The number of carbonyl (C=O) groups is 1. The number of rotatable bonds is 5. The molecule has 0 amide bonds. The molecule has 0 saturated carbocycles. The first-order valence-electron chi connectivity index (χ1n) is 4.71. The molecule has 15 heavy (non-hydrogen) atoms. The Morgan fingerprint density at radius 3 is 2.80 bits per heavy atom. The molecule has 0 bridgehead atoms. The van der Waals surface area contributed by atoms with E-state index >= 15 is 0 Å². The van der Waals surface area contributed by atoms with Crippen LogP contribution < -0.4 is 4.74 Å². The minimum Gasteiger partial charge on any atom is -0.504 e. The van der Waals surface area contributed by atoms with E-state index < -0.39 is 5.97 Å². The summed E-state index contributed by atoms with van der Waals surface area (Å²) < 4.78 is 4.95. The SMILES string of the molecule is COc1cccc(CCCC(=O)O)c1O. The molecule has 0 heterocycles. The maximum atomic E-state index is 10.3. The monoisotopic (exact) mass is 210 g/mol. The van der Waals surface area contributed by atoms with Crippen molar-refractivity contribution in [3.05, 3.63) is 23.8 Å². The summed E-state index contributed by atoms with van der Waals surface area (Å²) in [5, 5.41) is 18.2. The van der Waals surface area contributed by atoms with Crippen LogP contribution in [0.2, 0.25) is 0 Å². The van der Waals surface area contributed by atoms with E-state index in [2.05, 4.69) is 0 Å². The second-order valence-electron chi connectivity index (χ2n) is 3.22. The summed E-state index contributed by atoms with van der Waals surface area (Å²) in [6.45, 7) is 0. The van der Waals surface area contributed by atoms with Crippen molar-refractivity contribution in [3.8, 4) is 11.5 Å². The van der Waals surface area contributed by atoms with E-state index in [0.717, 1.165) is 5.56 Å². The number of hydrogen-bond donors (Lipinski definition) is 2. The fourth-order valence-corrected chi connectivity index (χ4v) is 1.36. The average molecular weight is 210 g/mol. The standard InChI is InChI=1S/C11H14O4/c1-15-9-6-2-4-8(11(9)14)5-3-7-10(12)13/h2,4,6,14H,3,5,7H2,1H3,(H,12,13). The molecule has 1 aromatic rings. The number of phenols is 1. The third-order valence-electron chi connectivity index (χ3n) is 2.14. The molecule has 4 heteroatoms. The normalized spacial score (nSPS) is 9.93. The molecular formula is C11H14O4. The topological polar surface area (TPSA) is 66.8 Å². The maximum absolute atomic E-state index is 10.3. The van der Waals surface area contributed by atoms with E-state index in [1.165, 1.54) is 7.11 Å². The van der Waals surface area contributed by atoms with Gasteiger partial charge >= 0.3 is 5.97 Å². The summed E-state index contributed by atoms with van der Waals surface area (Å²) in [6, 6.07) is 5.20. The van der Waals surface area contributed by atoms with E-state index in [4.69, 9.17) is 9.84 Å². The highest BCUT2D eigenvalue weighted by Crippen LogP contribution is 2.30. The molecule has 1 rings (SSSR count). The summed E-state index contributed by atoms with van der Waals surface area (Å²) in [6.07, 6.45) is 1.15. The van der Waals surface area contributed by atoms with E-state index in [1.807, 2.05) is 0 Å². The van der Waals surface area contributed by atoms with Crippen LogP contribution in [0.5, 0.6) is 11.5 Å². The Hall–Kier alpha value is -1.71. The van der Waals surface area contributed by atoms with Gasteiger partial charge < -0.3 is 14.9 Å². The number of hydrogen-bond acceptors (Lipinski definition) is 3. The zero-order chi connectivity index (χ0) is 11.3. The Labute approximate surface area is 88.1 Å². The second kappa shape index (κ2) is 5.24. The molecule has 0 saturated heterocycles. The van der Waals surface area contributed by atoms with Crippen LogP contribution in [0.4, 0.5) is 0 Å². The highest BCUT2D eigenvalue weighted by atomic mass is 16.5. The molecule has 4 nitrogen and oxygen atoms in total. The average Bonchev–Trinajstić information content (AvgIpc) is 2.20. The second-order valence-corrected chi connectivity index (χ2v) is 3.22. The number of ether oxygens (including phenoxy) is 1. The molecule has 1 aromatic carbocycles. The number of methoxy groups -OCH3 is 1. The van der Waals surface area contributed by atoms with Gasteiger partial charge in [-0.2, -0.15) is 0 Å². The van der Waals surface area contributed by atoms with Crippen LogP contribution in [-0.4, -0.2) is 23.3 Å². The Balaban J connectivity index is 2.64. The minimum absolute atomic E-state index is 0.102. The van der Waals surface area contributed by atoms with Gasteiger partial charge in [0.2, 0.25) is 0 Å². The molecule has 0 aliphatic rings. The maximum Gasteiger partial charge on any atom is 0.303 e. The van der Waals surface area contributed by atoms with Gasteiger partial charge in [0.05, 0.1) is 7.11 Å². The predicted molar refractivity (Wildman–Crippen MR) is 55.2 cm³/mol. The van der Waals surface area contributed by atoms with Crippen molar-refractivity contribution < 1.29 is 19.7 Å². The molecule has 82 valence electrons. The molecule has 0 atom stereocenters. The van der Waals surface area contributed by atoms with Crippen LogP contribution in [0.1, 0.15) is 18.4 Å². The third-order valence-corrected chi connectivity index (χ3v) is 2.14. The zero-order valence-electron chi connectivity index (χ0n) is 8.56. The molecular weight excluding hydrogens is 196 g/mol. The lowest BCUT2D eigenvalue weighted by atomic mass is 10.1. The lowest BCUT2D eigenvalue weighted by molar-refractivity contribution is -0.137. The summed E-state index contributed by atoms with van der Waals surface area (Å²) in [5.41, 5.74) is 0.718. The molecule has 0 aliphatic carbocycles. The highest BCUT2D eigenvalue weighted by molar-refractivity contribution is 5.66. The highest BCUT2D eigenvalue weighted by Gasteiger charge is 2.07. The van der Waals surface area contributed by atoms with Gasteiger partial charge in [-0.1, -0.05) is 12.1 Å². The number of aliphatic carboxylic acids is 1. The number of carboxylic acid groups (broad SMARTS) is 1. The van der Waals surface area contributed by atoms with Gasteiger partial charge in [-0.15, -0.1) is 0 Å². The van der Waals surface area contributed by atoms with Gasteiger partial charge in [0.15, 0.2) is 11.5 Å². The van der Waals surface area contributed by atoms with Gasteiger partial charge in [-0.3, -0.25) is 4.79 Å². The number of para-hydroxylation sites is 1. The largest absolute Gasteiger partial charge is 0.504 e. The van der Waals surface area contributed by atoms with Gasteiger partial charge in [0, 0.05) is 6.42 Å². The van der Waals surface area contributed by atoms with Crippen LogP contribution in [0.3, 0.4) is 0 Å². The number of phenolic OH excluding ortho intramolecular Hbond substituents is 1. The van der Waals surface area contributed by atoms with E-state index in [9.17, 15) is 9.90 Å². The molecule has 0 aliphatic heterocycles. The third kappa shape index (κ3) is 3.16. The number of aryl methyl sites for hydroxylation is 1. The smallest absolute Gasteiger partial charge is 0.303 e. The lowest BCUT2D eigenvalue weighted by Crippen LogP contribution is -1.96. The van der Waals surface area contributed by atoms with Crippen molar-refractivity contribution in [2.24, 2.45) is 0 Å². The van der Waals surface area contributed by atoms with Crippen LogP contribution in [0, 0.1) is 0 Å². The Bertz CT molecular complexity index is 346. The first-order chi connectivity index (χ1) is 7.15. The van der Waals surface area contributed by atoms with Gasteiger partial charge in [-0.25, -0.2) is 0 Å². The fraction of sp³-hybridized carbons (Fsp3) is 0.364. The van der Waals surface area contributed by atoms with Crippen LogP contribution in [-0.2, 0) is 11.2 Å². The molecule has 0 radical (unpaired) electrons. The minimum atomic E-state index is -0.822. The molecule has 0 unspecified atom stereocenters. The van der Waals surface area contributed by atoms with Crippen LogP contribution >= 0.6 is 0 Å². The van der Waals surface area contributed by atoms with E-state index in [-0.39, 0.29) is 12.2 Å². The molecule has 2 N–H and O–H groups in total. The van der Waals surface area contributed by atoms with Crippen molar-refractivity contribution in [1.29, 1.82) is 0 Å². The van der Waals surface area contributed by atoms with Crippen molar-refractivity contribution in [1.82, 2.24) is 0 Å². The summed E-state index contributed by atoms with van der Waals surface area (Å²) in [5.74, 6) is -0.300. The van der Waals surface area contributed by atoms with Gasteiger partial charge in [-0.05, 0) is 24.5 Å². The number of aromatic hydroxyl groups is 1. The molecule has 0 aromatic heterocycles.